The molecule has 0 aliphatic rings. The molecule has 0 aliphatic carbocycles. The van der Waals surface area contributed by atoms with Crippen LogP contribution in [0.4, 0.5) is 0 Å². The topological polar surface area (TPSA) is 113 Å². The highest BCUT2D eigenvalue weighted by atomic mass is 16.5. The lowest BCUT2D eigenvalue weighted by atomic mass is 10.0. The average molecular weight is 480 g/mol. The smallest absolute Gasteiger partial charge is 0.161 e. The number of nitrogens with one attached hydrogen (secondary N) is 2. The van der Waals surface area contributed by atoms with Gasteiger partial charge in [-0.05, 0) is 50.8 Å². The molecule has 0 saturated heterocycles. The quantitative estimate of drug-likeness (QED) is 0.356. The molecule has 10 nitrogen and oxygen atoms in total. The molecular formula is C26H25N9O. The fourth-order valence-corrected chi connectivity index (χ4v) is 4.15. The molecule has 2 N–H and O–H groups in total. The monoisotopic (exact) mass is 479 g/mol. The Hall–Kier alpha value is -4.57. The van der Waals surface area contributed by atoms with Gasteiger partial charge in [0, 0.05) is 36.1 Å². The third-order valence-corrected chi connectivity index (χ3v) is 5.99. The molecule has 0 fully saturated rings. The molecule has 0 spiro atoms. The number of nitrogens with zero attached hydrogens (tertiary/aromatic N) is 7. The summed E-state index contributed by atoms with van der Waals surface area (Å²) in [5.74, 6) is 1.39. The minimum absolute atomic E-state index is 0.601. The summed E-state index contributed by atoms with van der Waals surface area (Å²) in [5, 5.41) is 8.63. The highest BCUT2D eigenvalue weighted by molar-refractivity contribution is 5.96. The molecule has 36 heavy (non-hydrogen) atoms. The van der Waals surface area contributed by atoms with Crippen LogP contribution in [-0.4, -0.2) is 71.8 Å². The van der Waals surface area contributed by atoms with Crippen LogP contribution < -0.4 is 4.74 Å². The average Bonchev–Trinajstić information content (AvgIpc) is 3.61. The number of ether oxygens (including phenoxy) is 1. The minimum Gasteiger partial charge on any atom is -0.491 e. The number of hydrogen-bond donors (Lipinski definition) is 2. The van der Waals surface area contributed by atoms with E-state index in [0.29, 0.717) is 18.1 Å². The Morgan fingerprint density at radius 3 is 2.81 bits per heavy atom. The van der Waals surface area contributed by atoms with Gasteiger partial charge < -0.3 is 19.2 Å². The van der Waals surface area contributed by atoms with E-state index in [9.17, 15) is 0 Å². The summed E-state index contributed by atoms with van der Waals surface area (Å²) < 4.78 is 7.83. The predicted octanol–water partition coefficient (Wildman–Crippen LogP) is 4.00. The van der Waals surface area contributed by atoms with E-state index < -0.39 is 0 Å². The second-order valence-electron chi connectivity index (χ2n) is 8.93. The molecular weight excluding hydrogens is 454 g/mol. The van der Waals surface area contributed by atoms with Crippen LogP contribution in [0.15, 0.2) is 61.4 Å². The van der Waals surface area contributed by atoms with E-state index in [1.165, 1.54) is 0 Å². The minimum atomic E-state index is 0.601. The van der Waals surface area contributed by atoms with E-state index in [1.807, 2.05) is 62.2 Å². The number of aromatic amines is 2. The van der Waals surface area contributed by atoms with Crippen LogP contribution in [0.2, 0.25) is 0 Å². The summed E-state index contributed by atoms with van der Waals surface area (Å²) in [7, 11) is 4.04. The van der Waals surface area contributed by atoms with Crippen LogP contribution in [0, 0.1) is 6.92 Å². The first-order valence-electron chi connectivity index (χ1n) is 11.6. The number of rotatable bonds is 7. The van der Waals surface area contributed by atoms with Gasteiger partial charge in [0.25, 0.3) is 0 Å². The van der Waals surface area contributed by atoms with Crippen molar-refractivity contribution in [3.8, 4) is 34.1 Å². The number of imidazole rings is 2. The Morgan fingerprint density at radius 1 is 1.06 bits per heavy atom. The maximum absolute atomic E-state index is 5.88. The Balaban J connectivity index is 1.37. The van der Waals surface area contributed by atoms with Crippen LogP contribution in [0.25, 0.3) is 50.4 Å². The van der Waals surface area contributed by atoms with Crippen molar-refractivity contribution in [3.63, 3.8) is 0 Å². The highest BCUT2D eigenvalue weighted by Gasteiger charge is 2.16. The lowest BCUT2D eigenvalue weighted by Crippen LogP contribution is -2.19. The lowest BCUT2D eigenvalue weighted by Gasteiger charge is -2.11. The van der Waals surface area contributed by atoms with Crippen LogP contribution in [0.5, 0.6) is 5.75 Å². The van der Waals surface area contributed by atoms with Gasteiger partial charge in [-0.25, -0.2) is 15.0 Å². The third kappa shape index (κ3) is 4.07. The van der Waals surface area contributed by atoms with Crippen molar-refractivity contribution in [1.82, 2.24) is 44.6 Å². The SMILES string of the molecule is Cc1cn(-c2ccnc3[nH]c(-c4n[nH]c5ccc(-c6cncc(OCCN(C)C)c6)cc45)nc23)cn1. The Morgan fingerprint density at radius 2 is 1.97 bits per heavy atom. The van der Waals surface area contributed by atoms with Crippen molar-refractivity contribution >= 4 is 22.1 Å². The second kappa shape index (κ2) is 8.90. The summed E-state index contributed by atoms with van der Waals surface area (Å²) in [5.41, 5.74) is 6.90. The van der Waals surface area contributed by atoms with Crippen molar-refractivity contribution in [2.75, 3.05) is 27.2 Å². The van der Waals surface area contributed by atoms with Crippen LogP contribution >= 0.6 is 0 Å². The van der Waals surface area contributed by atoms with E-state index in [-0.39, 0.29) is 0 Å². The third-order valence-electron chi connectivity index (χ3n) is 5.99. The Bertz CT molecular complexity index is 1680. The Labute approximate surface area is 207 Å². The summed E-state index contributed by atoms with van der Waals surface area (Å²) in [4.78, 5) is 23.5. The molecule has 0 atom stereocenters. The molecule has 180 valence electrons. The van der Waals surface area contributed by atoms with Gasteiger partial charge in [-0.15, -0.1) is 0 Å². The standard InChI is InChI=1S/C26H25N9O/c1-16-14-35(15-29-16)22-6-7-28-25-24(22)30-26(31-25)23-20-11-17(4-5-21(20)32-33-23)18-10-19(13-27-12-18)36-9-8-34(2)3/h4-7,10-15H,8-9H2,1-3H3,(H,32,33)(H,28,30,31). The van der Waals surface area contributed by atoms with Gasteiger partial charge in [-0.2, -0.15) is 5.10 Å². The fraction of sp³-hybridized carbons (Fsp3) is 0.192. The van der Waals surface area contributed by atoms with Crippen LogP contribution in [0.3, 0.4) is 0 Å². The van der Waals surface area contributed by atoms with Crippen LogP contribution in [-0.2, 0) is 0 Å². The zero-order valence-corrected chi connectivity index (χ0v) is 20.2. The van der Waals surface area contributed by atoms with Crippen molar-refractivity contribution in [2.45, 2.75) is 6.92 Å². The number of pyridine rings is 2. The van der Waals surface area contributed by atoms with Gasteiger partial charge in [0.2, 0.25) is 0 Å². The molecule has 0 unspecified atom stereocenters. The number of aromatic nitrogens is 8. The van der Waals surface area contributed by atoms with E-state index in [0.717, 1.165) is 56.9 Å². The molecule has 10 heteroatoms. The number of likely N-dealkylation sites (N-methyl/N-ethyl adjacent to an activating group) is 1. The fourth-order valence-electron chi connectivity index (χ4n) is 4.15. The molecule has 5 aromatic heterocycles. The number of fused-ring (bicyclic) bond motifs is 2. The van der Waals surface area contributed by atoms with E-state index in [4.69, 9.17) is 9.72 Å². The normalized spacial score (nSPS) is 11.7. The molecule has 0 amide bonds. The summed E-state index contributed by atoms with van der Waals surface area (Å²) in [6.07, 6.45) is 9.08. The molecule has 0 bridgehead atoms. The first-order chi connectivity index (χ1) is 17.5. The highest BCUT2D eigenvalue weighted by Crippen LogP contribution is 2.31. The zero-order valence-electron chi connectivity index (χ0n) is 20.2. The van der Waals surface area contributed by atoms with Crippen LogP contribution in [0.1, 0.15) is 5.69 Å². The van der Waals surface area contributed by atoms with E-state index in [2.05, 4.69) is 41.1 Å². The summed E-state index contributed by atoms with van der Waals surface area (Å²) in [6, 6.07) is 10.1. The maximum Gasteiger partial charge on any atom is 0.161 e. The van der Waals surface area contributed by atoms with Gasteiger partial charge in [-0.3, -0.25) is 10.1 Å². The molecule has 0 aliphatic heterocycles. The number of hydrogen-bond acceptors (Lipinski definition) is 7. The van der Waals surface area contributed by atoms with Crippen molar-refractivity contribution < 1.29 is 4.74 Å². The molecule has 1 aromatic carbocycles. The first-order valence-corrected chi connectivity index (χ1v) is 11.6. The van der Waals surface area contributed by atoms with Gasteiger partial charge >= 0.3 is 0 Å². The molecule has 6 rings (SSSR count). The number of H-pyrrole nitrogens is 2. The lowest BCUT2D eigenvalue weighted by molar-refractivity contribution is 0.261. The van der Waals surface area contributed by atoms with Crippen molar-refractivity contribution in [2.24, 2.45) is 0 Å². The van der Waals surface area contributed by atoms with Gasteiger partial charge in [0.15, 0.2) is 11.5 Å². The molecule has 5 heterocycles. The van der Waals surface area contributed by atoms with Crippen molar-refractivity contribution in [3.05, 3.63) is 67.1 Å². The maximum atomic E-state index is 5.88. The number of benzene rings is 1. The van der Waals surface area contributed by atoms with Gasteiger partial charge in [-0.1, -0.05) is 6.07 Å². The largest absolute Gasteiger partial charge is 0.491 e. The summed E-state index contributed by atoms with van der Waals surface area (Å²) >= 11 is 0. The molecule has 0 radical (unpaired) electrons. The van der Waals surface area contributed by atoms with Crippen molar-refractivity contribution in [1.29, 1.82) is 0 Å². The van der Waals surface area contributed by atoms with Gasteiger partial charge in [0.1, 0.15) is 23.6 Å². The summed E-state index contributed by atoms with van der Waals surface area (Å²) in [6.45, 7) is 3.40. The van der Waals surface area contributed by atoms with Gasteiger partial charge in [0.05, 0.1) is 29.4 Å². The molecule has 0 saturated carbocycles. The second-order valence-corrected chi connectivity index (χ2v) is 8.93. The van der Waals surface area contributed by atoms with E-state index >= 15 is 0 Å². The predicted molar refractivity (Wildman–Crippen MR) is 138 cm³/mol. The first kappa shape index (κ1) is 21.9. The molecule has 6 aromatic rings. The van der Waals surface area contributed by atoms with E-state index in [1.54, 1.807) is 18.7 Å². The Kier molecular flexibility index (Phi) is 5.42. The number of aryl methyl sites for hydroxylation is 1. The zero-order chi connectivity index (χ0) is 24.6.